The molecule has 0 radical (unpaired) electrons. The topological polar surface area (TPSA) is 11.4 Å². The van der Waals surface area contributed by atoms with Gasteiger partial charge in [0.25, 0.3) is 0 Å². The van der Waals surface area contributed by atoms with Crippen LogP contribution in [0.15, 0.2) is 237 Å². The molecule has 278 valence electrons. The molecule has 0 amide bonds. The number of anilines is 6. The first kappa shape index (κ1) is 34.4. The summed E-state index contributed by atoms with van der Waals surface area (Å²) >= 11 is 0. The van der Waals surface area contributed by atoms with Crippen molar-refractivity contribution in [3.05, 3.63) is 237 Å². The van der Waals surface area contributed by atoms with E-state index in [9.17, 15) is 0 Å². The van der Waals surface area contributed by atoms with Crippen molar-refractivity contribution in [1.82, 2.24) is 4.57 Å². The van der Waals surface area contributed by atoms with Crippen molar-refractivity contribution in [2.24, 2.45) is 0 Å². The molecule has 0 aliphatic heterocycles. The molecule has 1 heterocycles. The Balaban J connectivity index is 1.20. The molecule has 59 heavy (non-hydrogen) atoms. The van der Waals surface area contributed by atoms with Crippen LogP contribution in [0.25, 0.3) is 60.2 Å². The maximum Gasteiger partial charge on any atom is 0.0561 e. The van der Waals surface area contributed by atoms with E-state index in [-0.39, 0.29) is 0 Å². The molecule has 0 spiro atoms. The maximum atomic E-state index is 2.42. The van der Waals surface area contributed by atoms with E-state index in [1.807, 2.05) is 0 Å². The molecule has 0 aliphatic carbocycles. The van der Waals surface area contributed by atoms with E-state index in [0.29, 0.717) is 0 Å². The van der Waals surface area contributed by atoms with Gasteiger partial charge in [0, 0.05) is 50.5 Å². The van der Waals surface area contributed by atoms with Gasteiger partial charge >= 0.3 is 0 Å². The first-order chi connectivity index (χ1) is 29.3. The number of nitrogens with zero attached hydrogens (tertiary/aromatic N) is 3. The Morgan fingerprint density at radius 3 is 1.54 bits per heavy atom. The summed E-state index contributed by atoms with van der Waals surface area (Å²) in [4.78, 5) is 4.80. The second-order valence-electron chi connectivity index (χ2n) is 15.0. The van der Waals surface area contributed by atoms with Crippen molar-refractivity contribution in [1.29, 1.82) is 0 Å². The van der Waals surface area contributed by atoms with Crippen LogP contribution in [0, 0.1) is 0 Å². The van der Waals surface area contributed by atoms with Crippen molar-refractivity contribution in [3.8, 4) is 16.8 Å². The van der Waals surface area contributed by atoms with Crippen LogP contribution < -0.4 is 9.80 Å². The molecule has 0 unspecified atom stereocenters. The lowest BCUT2D eigenvalue weighted by molar-refractivity contribution is 1.18. The van der Waals surface area contributed by atoms with Gasteiger partial charge < -0.3 is 14.4 Å². The van der Waals surface area contributed by atoms with E-state index < -0.39 is 0 Å². The van der Waals surface area contributed by atoms with Crippen molar-refractivity contribution >= 4 is 77.5 Å². The predicted octanol–water partition coefficient (Wildman–Crippen LogP) is 15.7. The fraction of sp³-hybridized carbons (Fsp3) is 0. The quantitative estimate of drug-likeness (QED) is 0.143. The highest BCUT2D eigenvalue weighted by atomic mass is 15.2. The lowest BCUT2D eigenvalue weighted by Gasteiger charge is -2.30. The minimum atomic E-state index is 1.08. The highest BCUT2D eigenvalue weighted by Gasteiger charge is 2.23. The molecular formula is C56H39N3. The predicted molar refractivity (Wildman–Crippen MR) is 251 cm³/mol. The van der Waals surface area contributed by atoms with Crippen molar-refractivity contribution < 1.29 is 0 Å². The van der Waals surface area contributed by atoms with Gasteiger partial charge in [-0.3, -0.25) is 0 Å². The maximum absolute atomic E-state index is 2.42. The monoisotopic (exact) mass is 753 g/mol. The Morgan fingerprint density at radius 1 is 0.288 bits per heavy atom. The van der Waals surface area contributed by atoms with Gasteiger partial charge in [0.05, 0.1) is 16.7 Å². The zero-order valence-corrected chi connectivity index (χ0v) is 32.4. The normalized spacial score (nSPS) is 11.4. The molecule has 0 atom stereocenters. The average Bonchev–Trinajstić information content (AvgIpc) is 3.64. The van der Waals surface area contributed by atoms with E-state index in [1.54, 1.807) is 0 Å². The highest BCUT2D eigenvalue weighted by molar-refractivity contribution is 6.17. The lowest BCUT2D eigenvalue weighted by atomic mass is 9.91. The first-order valence-corrected chi connectivity index (χ1v) is 20.2. The van der Waals surface area contributed by atoms with Crippen LogP contribution in [0.5, 0.6) is 0 Å². The highest BCUT2D eigenvalue weighted by Crippen LogP contribution is 2.47. The fourth-order valence-corrected chi connectivity index (χ4v) is 8.93. The number of aromatic nitrogens is 1. The summed E-state index contributed by atoms with van der Waals surface area (Å²) in [5.74, 6) is 0. The van der Waals surface area contributed by atoms with Gasteiger partial charge in [-0.05, 0) is 112 Å². The van der Waals surface area contributed by atoms with Crippen LogP contribution in [0.3, 0.4) is 0 Å². The third-order valence-electron chi connectivity index (χ3n) is 11.5. The third kappa shape index (κ3) is 6.00. The molecule has 10 aromatic carbocycles. The molecule has 3 nitrogen and oxygen atoms in total. The number of hydrogen-bond donors (Lipinski definition) is 0. The molecule has 0 aliphatic rings. The smallest absolute Gasteiger partial charge is 0.0561 e. The second-order valence-corrected chi connectivity index (χ2v) is 15.0. The zero-order chi connectivity index (χ0) is 39.1. The summed E-state index contributed by atoms with van der Waals surface area (Å²) < 4.78 is 2.40. The molecule has 11 aromatic rings. The zero-order valence-electron chi connectivity index (χ0n) is 32.4. The van der Waals surface area contributed by atoms with Crippen LogP contribution in [-0.2, 0) is 0 Å². The summed E-state index contributed by atoms with van der Waals surface area (Å²) in [7, 11) is 0. The largest absolute Gasteiger partial charge is 0.310 e. The number of fused-ring (bicyclic) bond motifs is 6. The number of para-hydroxylation sites is 6. The molecule has 11 rings (SSSR count). The molecule has 0 N–H and O–H groups in total. The van der Waals surface area contributed by atoms with Crippen LogP contribution in [0.4, 0.5) is 34.1 Å². The van der Waals surface area contributed by atoms with Crippen LogP contribution in [0.1, 0.15) is 0 Å². The lowest BCUT2D eigenvalue weighted by Crippen LogP contribution is -2.12. The molecule has 3 heteroatoms. The van der Waals surface area contributed by atoms with Gasteiger partial charge in [-0.25, -0.2) is 0 Å². The Morgan fingerprint density at radius 2 is 0.831 bits per heavy atom. The molecule has 0 bridgehead atoms. The van der Waals surface area contributed by atoms with Gasteiger partial charge in [-0.15, -0.1) is 0 Å². The number of benzene rings is 10. The van der Waals surface area contributed by atoms with Crippen molar-refractivity contribution in [2.75, 3.05) is 9.80 Å². The van der Waals surface area contributed by atoms with Crippen molar-refractivity contribution in [3.63, 3.8) is 0 Å². The SMILES string of the molecule is c1ccc(N(c2cc(-c3ccccc3N(c3ccccc3)c3ccccc3)c3c(ccc4ccccc43)c2)c2ccc3c4ccccc4n(-c4ccccc4)c3c2)cc1. The van der Waals surface area contributed by atoms with Crippen LogP contribution >= 0.6 is 0 Å². The van der Waals surface area contributed by atoms with Crippen LogP contribution in [0.2, 0.25) is 0 Å². The van der Waals surface area contributed by atoms with Crippen molar-refractivity contribution in [2.45, 2.75) is 0 Å². The minimum absolute atomic E-state index is 1.08. The van der Waals surface area contributed by atoms with Gasteiger partial charge in [0.1, 0.15) is 0 Å². The van der Waals surface area contributed by atoms with Gasteiger partial charge in [0.2, 0.25) is 0 Å². The molecule has 0 saturated heterocycles. The van der Waals surface area contributed by atoms with Gasteiger partial charge in [0.15, 0.2) is 0 Å². The minimum Gasteiger partial charge on any atom is -0.310 e. The van der Waals surface area contributed by atoms with E-state index in [0.717, 1.165) is 50.9 Å². The second kappa shape index (κ2) is 14.6. The molecule has 0 fully saturated rings. The molecule has 0 saturated carbocycles. The summed E-state index contributed by atoms with van der Waals surface area (Å²) in [5, 5.41) is 7.32. The Hall–Kier alpha value is -7.88. The average molecular weight is 754 g/mol. The summed E-state index contributed by atoms with van der Waals surface area (Å²) in [5.41, 5.74) is 12.4. The standard InChI is InChI=1S/C56H39N3/c1-5-20-42(21-6-1)57(46-35-36-51-49-29-15-18-32-54(49)59(55(51)39-46)45-26-11-4-12-27-45)47-37-41-34-33-40-19-13-14-28-48(40)56(41)52(38-47)50-30-16-17-31-53(50)58(43-22-7-2-8-23-43)44-24-9-3-10-25-44/h1-39H. The van der Waals surface area contributed by atoms with E-state index in [1.165, 1.54) is 43.4 Å². The van der Waals surface area contributed by atoms with Gasteiger partial charge in [-0.2, -0.15) is 0 Å². The van der Waals surface area contributed by atoms with E-state index in [4.69, 9.17) is 0 Å². The molecular weight excluding hydrogens is 715 g/mol. The van der Waals surface area contributed by atoms with E-state index in [2.05, 4.69) is 251 Å². The van der Waals surface area contributed by atoms with E-state index >= 15 is 0 Å². The summed E-state index contributed by atoms with van der Waals surface area (Å²) in [6.07, 6.45) is 0. The molecule has 1 aromatic heterocycles. The van der Waals surface area contributed by atoms with Crippen LogP contribution in [-0.4, -0.2) is 4.57 Å². The Labute approximate surface area is 343 Å². The fourth-order valence-electron chi connectivity index (χ4n) is 8.93. The Bertz CT molecular complexity index is 3220. The van der Waals surface area contributed by atoms with Gasteiger partial charge in [-0.1, -0.05) is 152 Å². The number of hydrogen-bond acceptors (Lipinski definition) is 2. The number of rotatable bonds is 8. The third-order valence-corrected chi connectivity index (χ3v) is 11.5. The Kier molecular flexibility index (Phi) is 8.49. The summed E-state index contributed by atoms with van der Waals surface area (Å²) in [6, 6.07) is 85.5. The first-order valence-electron chi connectivity index (χ1n) is 20.2. The summed E-state index contributed by atoms with van der Waals surface area (Å²) in [6.45, 7) is 0.